The van der Waals surface area contributed by atoms with Gasteiger partial charge in [-0.2, -0.15) is 0 Å². The predicted octanol–water partition coefficient (Wildman–Crippen LogP) is 4.74. The van der Waals surface area contributed by atoms with Gasteiger partial charge in [-0.15, -0.1) is 0 Å². The topological polar surface area (TPSA) is 61.4 Å². The van der Waals surface area contributed by atoms with Crippen LogP contribution in [0.1, 0.15) is 49.2 Å². The van der Waals surface area contributed by atoms with Crippen LogP contribution in [0.15, 0.2) is 40.8 Å². The van der Waals surface area contributed by atoms with Gasteiger partial charge in [-0.3, -0.25) is 4.79 Å². The molecule has 0 fully saturated rings. The Hall–Kier alpha value is -3.15. The molecular formula is C23H24FNO4. The van der Waals surface area contributed by atoms with Gasteiger partial charge >= 0.3 is 5.97 Å². The molecule has 3 rings (SSSR count). The molecule has 2 heterocycles. The third-order valence-corrected chi connectivity index (χ3v) is 5.01. The second-order valence-corrected chi connectivity index (χ2v) is 7.14. The van der Waals surface area contributed by atoms with E-state index in [2.05, 4.69) is 0 Å². The highest BCUT2D eigenvalue weighted by Gasteiger charge is 2.20. The second kappa shape index (κ2) is 8.47. The van der Waals surface area contributed by atoms with Gasteiger partial charge in [0.2, 0.25) is 5.78 Å². The van der Waals surface area contributed by atoms with Crippen LogP contribution in [0.3, 0.4) is 0 Å². The molecule has 3 aromatic rings. The minimum Gasteiger partial charge on any atom is -0.466 e. The van der Waals surface area contributed by atoms with Crippen LogP contribution in [-0.2, 0) is 17.7 Å². The first-order valence-electron chi connectivity index (χ1n) is 9.44. The first kappa shape index (κ1) is 20.6. The Morgan fingerprint density at radius 3 is 2.34 bits per heavy atom. The molecule has 0 unspecified atom stereocenters. The predicted molar refractivity (Wildman–Crippen MR) is 107 cm³/mol. The molecule has 5 nitrogen and oxygen atoms in total. The number of ether oxygens (including phenoxy) is 1. The molecule has 6 heteroatoms. The maximum absolute atomic E-state index is 13.0. The highest BCUT2D eigenvalue weighted by atomic mass is 19.1. The number of nitrogens with zero attached hydrogens (tertiary/aromatic N) is 1. The van der Waals surface area contributed by atoms with Crippen LogP contribution in [0.2, 0.25) is 0 Å². The van der Waals surface area contributed by atoms with Gasteiger partial charge in [-0.1, -0.05) is 12.1 Å². The molecule has 1 aromatic carbocycles. The molecule has 0 saturated carbocycles. The van der Waals surface area contributed by atoms with E-state index in [-0.39, 0.29) is 18.2 Å². The first-order valence-corrected chi connectivity index (χ1v) is 9.44. The Morgan fingerprint density at radius 2 is 1.72 bits per heavy atom. The minimum atomic E-state index is -0.571. The number of esters is 1. The average Bonchev–Trinajstić information content (AvgIpc) is 3.17. The molecule has 2 aromatic heterocycles. The Labute approximate surface area is 169 Å². The number of hydrogen-bond acceptors (Lipinski definition) is 4. The molecule has 0 aliphatic rings. The smallest absolute Gasteiger partial charge is 0.342 e. The first-order chi connectivity index (χ1) is 13.8. The Morgan fingerprint density at radius 1 is 1.03 bits per heavy atom. The van der Waals surface area contributed by atoms with E-state index < -0.39 is 5.97 Å². The lowest BCUT2D eigenvalue weighted by atomic mass is 10.1. The van der Waals surface area contributed by atoms with Crippen LogP contribution >= 0.6 is 0 Å². The summed E-state index contributed by atoms with van der Waals surface area (Å²) in [4.78, 5) is 24.8. The van der Waals surface area contributed by atoms with Gasteiger partial charge in [0, 0.05) is 23.5 Å². The molecule has 29 heavy (non-hydrogen) atoms. The Kier molecular flexibility index (Phi) is 6.01. The van der Waals surface area contributed by atoms with E-state index in [0.29, 0.717) is 29.2 Å². The zero-order valence-corrected chi connectivity index (χ0v) is 17.0. The molecule has 0 saturated heterocycles. The van der Waals surface area contributed by atoms with Crippen molar-refractivity contribution in [2.75, 3.05) is 6.61 Å². The summed E-state index contributed by atoms with van der Waals surface area (Å²) in [5.74, 6) is 0.00449. The van der Waals surface area contributed by atoms with Crippen LogP contribution < -0.4 is 0 Å². The van der Waals surface area contributed by atoms with Gasteiger partial charge in [-0.25, -0.2) is 9.18 Å². The fraction of sp³-hybridized carbons (Fsp3) is 0.304. The number of benzene rings is 1. The number of furan rings is 1. The van der Waals surface area contributed by atoms with E-state index in [0.717, 1.165) is 23.4 Å². The van der Waals surface area contributed by atoms with Crippen LogP contribution in [-0.4, -0.2) is 22.9 Å². The fourth-order valence-corrected chi connectivity index (χ4v) is 3.44. The lowest BCUT2D eigenvalue weighted by molar-refractivity contribution is 0.0472. The monoisotopic (exact) mass is 397 g/mol. The van der Waals surface area contributed by atoms with Crippen molar-refractivity contribution in [2.45, 2.75) is 40.7 Å². The van der Waals surface area contributed by atoms with Gasteiger partial charge in [0.25, 0.3) is 0 Å². The third-order valence-electron chi connectivity index (χ3n) is 5.01. The summed E-state index contributed by atoms with van der Waals surface area (Å²) in [7, 11) is 0. The van der Waals surface area contributed by atoms with E-state index >= 15 is 0 Å². The number of carbonyl (C=O) groups excluding carboxylic acids is 2. The average molecular weight is 397 g/mol. The van der Waals surface area contributed by atoms with Crippen molar-refractivity contribution >= 4 is 11.8 Å². The third kappa shape index (κ3) is 4.65. The number of carbonyl (C=O) groups is 2. The fourth-order valence-electron chi connectivity index (χ4n) is 3.44. The van der Waals surface area contributed by atoms with Crippen molar-refractivity contribution in [2.24, 2.45) is 0 Å². The summed E-state index contributed by atoms with van der Waals surface area (Å²) < 4.78 is 25.6. The zero-order valence-electron chi connectivity index (χ0n) is 17.0. The maximum Gasteiger partial charge on any atom is 0.342 e. The molecular weight excluding hydrogens is 373 g/mol. The molecule has 0 N–H and O–H groups in total. The number of hydrogen-bond donors (Lipinski definition) is 0. The number of rotatable bonds is 7. The molecule has 0 spiro atoms. The zero-order chi connectivity index (χ0) is 21.1. The van der Waals surface area contributed by atoms with Gasteiger partial charge in [0.1, 0.15) is 22.9 Å². The van der Waals surface area contributed by atoms with Gasteiger partial charge in [0.05, 0.1) is 0 Å². The molecule has 0 amide bonds. The normalized spacial score (nSPS) is 10.9. The van der Waals surface area contributed by atoms with Crippen molar-refractivity contribution in [1.29, 1.82) is 0 Å². The van der Waals surface area contributed by atoms with Crippen molar-refractivity contribution in [1.82, 2.24) is 4.57 Å². The second-order valence-electron chi connectivity index (χ2n) is 7.14. The molecule has 0 radical (unpaired) electrons. The number of halogens is 1. The van der Waals surface area contributed by atoms with Crippen molar-refractivity contribution in [3.05, 3.63) is 81.8 Å². The lowest BCUT2D eigenvalue weighted by Gasteiger charge is -2.10. The van der Waals surface area contributed by atoms with Gasteiger partial charge in [-0.05, 0) is 63.9 Å². The summed E-state index contributed by atoms with van der Waals surface area (Å²) in [5.41, 5.74) is 3.66. The number of aromatic nitrogens is 1. The summed E-state index contributed by atoms with van der Waals surface area (Å²) in [6, 6.07) is 9.81. The lowest BCUT2D eigenvalue weighted by Crippen LogP contribution is -2.15. The van der Waals surface area contributed by atoms with E-state index in [1.54, 1.807) is 32.0 Å². The molecule has 0 aliphatic heterocycles. The summed E-state index contributed by atoms with van der Waals surface area (Å²) >= 11 is 0. The van der Waals surface area contributed by atoms with Crippen LogP contribution in [0.4, 0.5) is 4.39 Å². The van der Waals surface area contributed by atoms with Crippen LogP contribution in [0.25, 0.3) is 0 Å². The number of aryl methyl sites for hydroxylation is 4. The van der Waals surface area contributed by atoms with Crippen LogP contribution in [0, 0.1) is 33.5 Å². The summed E-state index contributed by atoms with van der Waals surface area (Å²) in [5, 5.41) is 0. The molecule has 0 bridgehead atoms. The van der Waals surface area contributed by atoms with E-state index in [4.69, 9.17) is 9.15 Å². The van der Waals surface area contributed by atoms with E-state index in [1.807, 2.05) is 24.5 Å². The highest BCUT2D eigenvalue weighted by Crippen LogP contribution is 2.18. The standard InChI is InChI=1S/C23H24FNO4/c1-14-11-20(16(3)25(14)10-9-18-5-7-19(24)8-6-18)22(26)13-28-23(27)21-12-15(2)29-17(21)4/h5-8,11-12H,9-10,13H2,1-4H3. The van der Waals surface area contributed by atoms with E-state index in [1.165, 1.54) is 12.1 Å². The quantitative estimate of drug-likeness (QED) is 0.427. The van der Waals surface area contributed by atoms with E-state index in [9.17, 15) is 14.0 Å². The SMILES string of the molecule is Cc1cc(C(=O)OCC(=O)c2cc(C)n(CCc3ccc(F)cc3)c2C)c(C)o1. The number of Topliss-reactive ketones (excluding diaryl/α,β-unsaturated/α-hetero) is 1. The largest absolute Gasteiger partial charge is 0.466 e. The summed E-state index contributed by atoms with van der Waals surface area (Å²) in [6.07, 6.45) is 0.721. The molecule has 0 aliphatic carbocycles. The summed E-state index contributed by atoms with van der Waals surface area (Å²) in [6.45, 7) is 7.57. The molecule has 152 valence electrons. The Bertz CT molecular complexity index is 1040. The van der Waals surface area contributed by atoms with Crippen molar-refractivity contribution in [3.8, 4) is 0 Å². The Balaban J connectivity index is 1.65. The maximum atomic E-state index is 13.0. The molecule has 0 atom stereocenters. The minimum absolute atomic E-state index is 0.252. The van der Waals surface area contributed by atoms with Crippen molar-refractivity contribution in [3.63, 3.8) is 0 Å². The highest BCUT2D eigenvalue weighted by molar-refractivity contribution is 6.00. The van der Waals surface area contributed by atoms with Gasteiger partial charge < -0.3 is 13.7 Å². The van der Waals surface area contributed by atoms with Crippen molar-refractivity contribution < 1.29 is 23.1 Å². The van der Waals surface area contributed by atoms with Gasteiger partial charge in [0.15, 0.2) is 6.61 Å². The van der Waals surface area contributed by atoms with Crippen LogP contribution in [0.5, 0.6) is 0 Å². The number of ketones is 1.